The molecule has 0 saturated carbocycles. The van der Waals surface area contributed by atoms with Gasteiger partial charge >= 0.3 is 0 Å². The molecule has 8 nitrogen and oxygen atoms in total. The van der Waals surface area contributed by atoms with Crippen molar-refractivity contribution >= 4 is 27.2 Å². The van der Waals surface area contributed by atoms with Gasteiger partial charge in [-0.15, -0.1) is 0 Å². The first-order valence-electron chi connectivity index (χ1n) is 8.93. The topological polar surface area (TPSA) is 93.7 Å². The zero-order chi connectivity index (χ0) is 19.0. The third kappa shape index (κ3) is 3.78. The number of nitrogens with zero attached hydrogens (tertiary/aromatic N) is 3. The number of ether oxygens (including phenoxy) is 2. The van der Waals surface area contributed by atoms with Crippen LogP contribution in [0.2, 0.25) is 0 Å². The second-order valence-electron chi connectivity index (χ2n) is 6.69. The summed E-state index contributed by atoms with van der Waals surface area (Å²) in [5.74, 6) is 3.83. The zero-order valence-electron chi connectivity index (χ0n) is 15.3. The molecule has 9 heteroatoms. The number of aromatic nitrogens is 2. The Bertz CT molecular complexity index is 964. The monoisotopic (exact) mass is 390 g/mol. The van der Waals surface area contributed by atoms with Gasteiger partial charge < -0.3 is 19.7 Å². The summed E-state index contributed by atoms with van der Waals surface area (Å²) in [6.07, 6.45) is 0.629. The maximum atomic E-state index is 11.9. The van der Waals surface area contributed by atoms with Crippen LogP contribution >= 0.6 is 0 Å². The molecule has 3 heterocycles. The Hall–Kier alpha value is -2.55. The molecule has 1 N–H and O–H groups in total. The smallest absolute Gasteiger partial charge is 0.231 e. The van der Waals surface area contributed by atoms with Crippen molar-refractivity contribution in [3.63, 3.8) is 0 Å². The molecule has 0 amide bonds. The minimum Gasteiger partial charge on any atom is -0.454 e. The first kappa shape index (κ1) is 17.8. The predicted molar refractivity (Wildman–Crippen MR) is 103 cm³/mol. The Kier molecular flexibility index (Phi) is 4.55. The van der Waals surface area contributed by atoms with Crippen LogP contribution in [-0.2, 0) is 9.84 Å². The van der Waals surface area contributed by atoms with Crippen LogP contribution in [0.3, 0.4) is 0 Å². The highest BCUT2D eigenvalue weighted by Gasteiger charge is 2.32. The number of rotatable bonds is 5. The fourth-order valence-electron chi connectivity index (χ4n) is 3.51. The van der Waals surface area contributed by atoms with E-state index in [-0.39, 0.29) is 24.3 Å². The quantitative estimate of drug-likeness (QED) is 0.831. The molecule has 1 aromatic heterocycles. The molecule has 2 aromatic rings. The Morgan fingerprint density at radius 2 is 2.04 bits per heavy atom. The van der Waals surface area contributed by atoms with Gasteiger partial charge in [-0.05, 0) is 32.4 Å². The lowest BCUT2D eigenvalue weighted by Gasteiger charge is -2.28. The number of hydrogen-bond acceptors (Lipinski definition) is 8. The van der Waals surface area contributed by atoms with Gasteiger partial charge in [-0.1, -0.05) is 0 Å². The number of anilines is 3. The number of nitrogens with one attached hydrogen (secondary N) is 1. The summed E-state index contributed by atoms with van der Waals surface area (Å²) in [6, 6.07) is 7.41. The van der Waals surface area contributed by atoms with Gasteiger partial charge in [-0.2, -0.15) is 0 Å². The van der Waals surface area contributed by atoms with Crippen molar-refractivity contribution < 1.29 is 17.9 Å². The summed E-state index contributed by atoms with van der Waals surface area (Å²) in [5.41, 5.74) is 0.829. The molecule has 1 unspecified atom stereocenters. The molecule has 4 rings (SSSR count). The maximum absolute atomic E-state index is 11.9. The van der Waals surface area contributed by atoms with Gasteiger partial charge in [-0.3, -0.25) is 0 Å². The first-order valence-corrected chi connectivity index (χ1v) is 10.7. The van der Waals surface area contributed by atoms with Crippen molar-refractivity contribution in [1.82, 2.24) is 9.97 Å². The zero-order valence-corrected chi connectivity index (χ0v) is 16.1. The van der Waals surface area contributed by atoms with E-state index in [4.69, 9.17) is 9.47 Å². The van der Waals surface area contributed by atoms with Crippen LogP contribution in [0.1, 0.15) is 19.2 Å². The van der Waals surface area contributed by atoms with E-state index in [1.165, 1.54) is 0 Å². The van der Waals surface area contributed by atoms with E-state index in [1.54, 1.807) is 0 Å². The van der Waals surface area contributed by atoms with Crippen molar-refractivity contribution in [2.75, 3.05) is 35.1 Å². The van der Waals surface area contributed by atoms with Gasteiger partial charge in [-0.25, -0.2) is 18.4 Å². The summed E-state index contributed by atoms with van der Waals surface area (Å²) < 4.78 is 34.5. The molecule has 27 heavy (non-hydrogen) atoms. The van der Waals surface area contributed by atoms with Crippen molar-refractivity contribution in [1.29, 1.82) is 0 Å². The molecule has 1 aromatic carbocycles. The Morgan fingerprint density at radius 3 is 2.78 bits per heavy atom. The summed E-state index contributed by atoms with van der Waals surface area (Å²) >= 11 is 0. The van der Waals surface area contributed by atoms with E-state index in [9.17, 15) is 8.42 Å². The van der Waals surface area contributed by atoms with Crippen LogP contribution in [0.25, 0.3) is 0 Å². The highest BCUT2D eigenvalue weighted by molar-refractivity contribution is 7.91. The summed E-state index contributed by atoms with van der Waals surface area (Å²) in [7, 11) is -2.96. The maximum Gasteiger partial charge on any atom is 0.231 e. The Labute approximate surface area is 158 Å². The molecule has 0 spiro atoms. The molecule has 0 radical (unpaired) electrons. The van der Waals surface area contributed by atoms with Crippen LogP contribution in [0.15, 0.2) is 24.3 Å². The number of benzene rings is 1. The van der Waals surface area contributed by atoms with Gasteiger partial charge in [0.25, 0.3) is 0 Å². The SMILES string of the molecule is CCN(c1cc(Nc2ccc3c(c2)OCO3)nc(C)n1)C1CCS(=O)(=O)C1. The molecule has 144 valence electrons. The van der Waals surface area contributed by atoms with Crippen LogP contribution in [-0.4, -0.2) is 49.3 Å². The van der Waals surface area contributed by atoms with Crippen LogP contribution in [0.5, 0.6) is 11.5 Å². The lowest BCUT2D eigenvalue weighted by Crippen LogP contribution is -2.36. The summed E-state index contributed by atoms with van der Waals surface area (Å²) in [5, 5.41) is 3.27. The minimum absolute atomic E-state index is 0.0484. The molecule has 2 aliphatic rings. The molecule has 2 aliphatic heterocycles. The van der Waals surface area contributed by atoms with E-state index in [2.05, 4.69) is 15.3 Å². The van der Waals surface area contributed by atoms with E-state index in [0.717, 1.165) is 17.3 Å². The normalized spacial score (nSPS) is 19.9. The van der Waals surface area contributed by atoms with Crippen molar-refractivity contribution in [2.45, 2.75) is 26.3 Å². The second kappa shape index (κ2) is 6.88. The van der Waals surface area contributed by atoms with Crippen LogP contribution in [0, 0.1) is 6.92 Å². The highest BCUT2D eigenvalue weighted by atomic mass is 32.2. The van der Waals surface area contributed by atoms with Gasteiger partial charge in [0.2, 0.25) is 6.79 Å². The molecule has 1 saturated heterocycles. The van der Waals surface area contributed by atoms with Crippen molar-refractivity contribution in [3.8, 4) is 11.5 Å². The van der Waals surface area contributed by atoms with Gasteiger partial charge in [0.15, 0.2) is 21.3 Å². The third-order valence-electron chi connectivity index (χ3n) is 4.75. The Balaban J connectivity index is 1.59. The largest absolute Gasteiger partial charge is 0.454 e. The van der Waals surface area contributed by atoms with Gasteiger partial charge in [0.05, 0.1) is 11.5 Å². The van der Waals surface area contributed by atoms with Gasteiger partial charge in [0, 0.05) is 30.4 Å². The number of aryl methyl sites for hydroxylation is 1. The Morgan fingerprint density at radius 1 is 1.22 bits per heavy atom. The summed E-state index contributed by atoms with van der Waals surface area (Å²) in [4.78, 5) is 11.0. The average Bonchev–Trinajstić information content (AvgIpc) is 3.21. The lowest BCUT2D eigenvalue weighted by atomic mass is 10.2. The number of fused-ring (bicyclic) bond motifs is 1. The van der Waals surface area contributed by atoms with Crippen molar-refractivity contribution in [2.24, 2.45) is 0 Å². The van der Waals surface area contributed by atoms with E-state index < -0.39 is 9.84 Å². The van der Waals surface area contributed by atoms with Gasteiger partial charge in [0.1, 0.15) is 17.5 Å². The molecular formula is C18H22N4O4S. The third-order valence-corrected chi connectivity index (χ3v) is 6.50. The molecule has 1 fully saturated rings. The van der Waals surface area contributed by atoms with E-state index in [1.807, 2.05) is 43.0 Å². The van der Waals surface area contributed by atoms with Crippen LogP contribution < -0.4 is 19.7 Å². The highest BCUT2D eigenvalue weighted by Crippen LogP contribution is 2.35. The predicted octanol–water partition coefficient (Wildman–Crippen LogP) is 2.27. The molecule has 0 bridgehead atoms. The van der Waals surface area contributed by atoms with Crippen LogP contribution in [0.4, 0.5) is 17.3 Å². The molecule has 0 aliphatic carbocycles. The molecular weight excluding hydrogens is 368 g/mol. The van der Waals surface area contributed by atoms with E-state index in [0.29, 0.717) is 30.4 Å². The lowest BCUT2D eigenvalue weighted by molar-refractivity contribution is 0.174. The number of hydrogen-bond donors (Lipinski definition) is 1. The van der Waals surface area contributed by atoms with E-state index >= 15 is 0 Å². The number of sulfone groups is 1. The molecule has 1 atom stereocenters. The fraction of sp³-hybridized carbons (Fsp3) is 0.444. The average molecular weight is 390 g/mol. The standard InChI is InChI=1S/C18H22N4O4S/c1-3-22(14-6-7-27(23,24)10-14)18-9-17(19-12(2)20-18)21-13-4-5-15-16(8-13)26-11-25-15/h4-5,8-9,14H,3,6-7,10-11H2,1-2H3,(H,19,20,21). The minimum atomic E-state index is -2.96. The van der Waals surface area contributed by atoms with Crippen molar-refractivity contribution in [3.05, 3.63) is 30.1 Å². The second-order valence-corrected chi connectivity index (χ2v) is 8.92. The summed E-state index contributed by atoms with van der Waals surface area (Å²) in [6.45, 7) is 4.74. The fourth-order valence-corrected chi connectivity index (χ4v) is 5.24. The first-order chi connectivity index (χ1) is 12.9.